The monoisotopic (exact) mass is 166 g/mol. The normalized spacial score (nSPS) is 18.0. The van der Waals surface area contributed by atoms with Gasteiger partial charge >= 0.3 is 0 Å². The topological polar surface area (TPSA) is 24.9 Å². The standard InChI is InChI=1S/C8H10N2S/c1-4-9-5-2-7(1)8-3-6-11-10-8/h1,3,6,9H,2,4-5H2. The summed E-state index contributed by atoms with van der Waals surface area (Å²) >= 11 is 1.52. The third kappa shape index (κ3) is 1.49. The maximum absolute atomic E-state index is 4.29. The Bertz CT molecular complexity index is 251. The average Bonchev–Trinajstić information content (AvgIpc) is 2.58. The van der Waals surface area contributed by atoms with Gasteiger partial charge in [-0.3, -0.25) is 0 Å². The molecule has 0 bridgehead atoms. The number of hydrogen-bond acceptors (Lipinski definition) is 3. The molecule has 58 valence electrons. The Morgan fingerprint density at radius 1 is 1.55 bits per heavy atom. The van der Waals surface area contributed by atoms with Crippen LogP contribution in [0.1, 0.15) is 12.1 Å². The van der Waals surface area contributed by atoms with Crippen LogP contribution in [0.5, 0.6) is 0 Å². The average molecular weight is 166 g/mol. The zero-order valence-corrected chi connectivity index (χ0v) is 7.03. The Hall–Kier alpha value is -0.670. The first-order chi connectivity index (χ1) is 5.47. The maximum atomic E-state index is 4.29. The van der Waals surface area contributed by atoms with Gasteiger partial charge in [-0.2, -0.15) is 4.37 Å². The highest BCUT2D eigenvalue weighted by atomic mass is 32.1. The molecule has 0 amide bonds. The Kier molecular flexibility index (Phi) is 2.01. The lowest BCUT2D eigenvalue weighted by Gasteiger charge is -2.11. The van der Waals surface area contributed by atoms with Gasteiger partial charge in [0.1, 0.15) is 0 Å². The summed E-state index contributed by atoms with van der Waals surface area (Å²) in [5.74, 6) is 0. The van der Waals surface area contributed by atoms with Crippen molar-refractivity contribution in [3.8, 4) is 0 Å². The third-order valence-corrected chi connectivity index (χ3v) is 2.39. The summed E-state index contributed by atoms with van der Waals surface area (Å²) in [6, 6.07) is 2.09. The molecule has 0 atom stereocenters. The molecule has 0 aliphatic carbocycles. The van der Waals surface area contributed by atoms with Crippen LogP contribution in [-0.2, 0) is 0 Å². The van der Waals surface area contributed by atoms with Gasteiger partial charge in [-0.25, -0.2) is 0 Å². The third-order valence-electron chi connectivity index (χ3n) is 1.83. The van der Waals surface area contributed by atoms with Crippen LogP contribution in [0.3, 0.4) is 0 Å². The number of rotatable bonds is 1. The highest BCUT2D eigenvalue weighted by molar-refractivity contribution is 7.03. The largest absolute Gasteiger partial charge is 0.313 e. The highest BCUT2D eigenvalue weighted by Crippen LogP contribution is 2.18. The molecular formula is C8H10N2S. The van der Waals surface area contributed by atoms with Crippen LogP contribution in [0.15, 0.2) is 17.5 Å². The molecule has 1 aromatic heterocycles. The van der Waals surface area contributed by atoms with E-state index >= 15 is 0 Å². The van der Waals surface area contributed by atoms with Gasteiger partial charge in [-0.15, -0.1) is 0 Å². The van der Waals surface area contributed by atoms with Gasteiger partial charge in [-0.1, -0.05) is 6.08 Å². The van der Waals surface area contributed by atoms with Crippen molar-refractivity contribution in [2.24, 2.45) is 0 Å². The Morgan fingerprint density at radius 3 is 3.18 bits per heavy atom. The molecule has 1 aromatic rings. The van der Waals surface area contributed by atoms with Crippen molar-refractivity contribution in [1.29, 1.82) is 0 Å². The van der Waals surface area contributed by atoms with E-state index in [1.165, 1.54) is 17.1 Å². The summed E-state index contributed by atoms with van der Waals surface area (Å²) < 4.78 is 4.29. The van der Waals surface area contributed by atoms with E-state index in [2.05, 4.69) is 21.8 Å². The van der Waals surface area contributed by atoms with Gasteiger partial charge in [0, 0.05) is 11.9 Å². The molecule has 0 aromatic carbocycles. The fourth-order valence-corrected chi connectivity index (χ4v) is 1.78. The highest BCUT2D eigenvalue weighted by Gasteiger charge is 2.05. The van der Waals surface area contributed by atoms with Gasteiger partial charge < -0.3 is 5.32 Å². The predicted molar refractivity (Wildman–Crippen MR) is 47.6 cm³/mol. The molecule has 11 heavy (non-hydrogen) atoms. The molecule has 1 aliphatic rings. The molecule has 0 saturated heterocycles. The number of nitrogens with zero attached hydrogens (tertiary/aromatic N) is 1. The van der Waals surface area contributed by atoms with Gasteiger partial charge in [0.15, 0.2) is 0 Å². The molecule has 0 spiro atoms. The maximum Gasteiger partial charge on any atom is 0.0798 e. The lowest BCUT2D eigenvalue weighted by atomic mass is 10.1. The first kappa shape index (κ1) is 7.00. The predicted octanol–water partition coefficient (Wildman–Crippen LogP) is 1.52. The minimum Gasteiger partial charge on any atom is -0.313 e. The minimum absolute atomic E-state index is 0.993. The fourth-order valence-electron chi connectivity index (χ4n) is 1.23. The van der Waals surface area contributed by atoms with Crippen molar-refractivity contribution >= 4 is 17.1 Å². The van der Waals surface area contributed by atoms with Crippen LogP contribution in [0.2, 0.25) is 0 Å². The van der Waals surface area contributed by atoms with E-state index in [4.69, 9.17) is 0 Å². The molecule has 0 radical (unpaired) electrons. The first-order valence-electron chi connectivity index (χ1n) is 3.77. The zero-order valence-electron chi connectivity index (χ0n) is 6.21. The lowest BCUT2D eigenvalue weighted by Crippen LogP contribution is -2.20. The van der Waals surface area contributed by atoms with Crippen LogP contribution >= 0.6 is 11.5 Å². The first-order valence-corrected chi connectivity index (χ1v) is 4.61. The smallest absolute Gasteiger partial charge is 0.0798 e. The summed E-state index contributed by atoms with van der Waals surface area (Å²) in [6.45, 7) is 2.08. The van der Waals surface area contributed by atoms with E-state index in [1.54, 1.807) is 0 Å². The minimum atomic E-state index is 0.993. The van der Waals surface area contributed by atoms with Crippen LogP contribution in [-0.4, -0.2) is 17.5 Å². The van der Waals surface area contributed by atoms with E-state index < -0.39 is 0 Å². The van der Waals surface area contributed by atoms with Crippen molar-refractivity contribution in [2.45, 2.75) is 6.42 Å². The Balaban J connectivity index is 2.22. The molecule has 1 aliphatic heterocycles. The number of hydrogen-bond donors (Lipinski definition) is 1. The van der Waals surface area contributed by atoms with E-state index in [0.29, 0.717) is 0 Å². The van der Waals surface area contributed by atoms with E-state index in [9.17, 15) is 0 Å². The van der Waals surface area contributed by atoms with Crippen LogP contribution in [0, 0.1) is 0 Å². The summed E-state index contributed by atoms with van der Waals surface area (Å²) in [7, 11) is 0. The van der Waals surface area contributed by atoms with E-state index in [1.807, 2.05) is 5.38 Å². The van der Waals surface area contributed by atoms with Gasteiger partial charge in [0.05, 0.1) is 5.69 Å². The second-order valence-electron chi connectivity index (χ2n) is 2.57. The van der Waals surface area contributed by atoms with Crippen LogP contribution in [0.4, 0.5) is 0 Å². The fraction of sp³-hybridized carbons (Fsp3) is 0.375. The lowest BCUT2D eigenvalue weighted by molar-refractivity contribution is 0.737. The zero-order chi connectivity index (χ0) is 7.52. The summed E-state index contributed by atoms with van der Waals surface area (Å²) in [5.41, 5.74) is 2.56. The molecule has 0 unspecified atom stereocenters. The quantitative estimate of drug-likeness (QED) is 0.684. The van der Waals surface area contributed by atoms with Crippen LogP contribution in [0.25, 0.3) is 5.57 Å². The molecule has 3 heteroatoms. The molecule has 1 N–H and O–H groups in total. The SMILES string of the molecule is C1=C(c2ccsn2)CCNC1. The van der Waals surface area contributed by atoms with E-state index in [0.717, 1.165) is 25.2 Å². The molecule has 2 nitrogen and oxygen atoms in total. The molecule has 2 heterocycles. The molecule has 2 rings (SSSR count). The second-order valence-corrected chi connectivity index (χ2v) is 3.23. The molecule has 0 fully saturated rings. The second kappa shape index (κ2) is 3.15. The van der Waals surface area contributed by atoms with Crippen molar-refractivity contribution in [2.75, 3.05) is 13.1 Å². The van der Waals surface area contributed by atoms with Crippen molar-refractivity contribution in [1.82, 2.24) is 9.69 Å². The van der Waals surface area contributed by atoms with Crippen molar-refractivity contribution in [3.63, 3.8) is 0 Å². The summed E-state index contributed by atoms with van der Waals surface area (Å²) in [4.78, 5) is 0. The number of aromatic nitrogens is 1. The summed E-state index contributed by atoms with van der Waals surface area (Å²) in [6.07, 6.45) is 3.34. The van der Waals surface area contributed by atoms with Crippen molar-refractivity contribution in [3.05, 3.63) is 23.2 Å². The van der Waals surface area contributed by atoms with E-state index in [-0.39, 0.29) is 0 Å². The van der Waals surface area contributed by atoms with Crippen LogP contribution < -0.4 is 5.32 Å². The van der Waals surface area contributed by atoms with Gasteiger partial charge in [0.25, 0.3) is 0 Å². The van der Waals surface area contributed by atoms with Gasteiger partial charge in [0.2, 0.25) is 0 Å². The van der Waals surface area contributed by atoms with Crippen molar-refractivity contribution < 1.29 is 0 Å². The van der Waals surface area contributed by atoms with Gasteiger partial charge in [-0.05, 0) is 36.1 Å². The summed E-state index contributed by atoms with van der Waals surface area (Å²) in [5, 5.41) is 5.30. The molecule has 0 saturated carbocycles. The number of nitrogens with one attached hydrogen (secondary N) is 1. The molecular weight excluding hydrogens is 156 g/mol. The Morgan fingerprint density at radius 2 is 2.55 bits per heavy atom. The Labute approximate surface area is 70.1 Å².